The number of ether oxygens (including phenoxy) is 1. The van der Waals surface area contributed by atoms with Crippen molar-refractivity contribution in [1.29, 1.82) is 0 Å². The molecule has 3 aromatic heterocycles. The van der Waals surface area contributed by atoms with E-state index >= 15 is 4.39 Å². The number of fused-ring (bicyclic) bond motifs is 2. The zero-order valence-electron chi connectivity index (χ0n) is 24.3. The third-order valence-electron chi connectivity index (χ3n) is 7.61. The van der Waals surface area contributed by atoms with E-state index in [-0.39, 0.29) is 51.5 Å². The molecular formula is C34H27F2N3O5. The second-order valence-corrected chi connectivity index (χ2v) is 10.5. The number of oxazole rings is 1. The van der Waals surface area contributed by atoms with Gasteiger partial charge in [-0.25, -0.2) is 13.8 Å². The van der Waals surface area contributed by atoms with Crippen molar-refractivity contribution in [1.82, 2.24) is 15.3 Å². The first-order valence-corrected chi connectivity index (χ1v) is 13.9. The third kappa shape index (κ3) is 4.98. The fourth-order valence-corrected chi connectivity index (χ4v) is 5.35. The highest BCUT2D eigenvalue weighted by atomic mass is 19.1. The Morgan fingerprint density at radius 1 is 1.00 bits per heavy atom. The average molecular weight is 596 g/mol. The lowest BCUT2D eigenvalue weighted by molar-refractivity contribution is 0.0958. The molecule has 0 saturated heterocycles. The second kappa shape index (κ2) is 11.4. The van der Waals surface area contributed by atoms with Gasteiger partial charge in [0, 0.05) is 42.8 Å². The average Bonchev–Trinajstić information content (AvgIpc) is 3.64. The minimum Gasteiger partial charge on any atom is -0.496 e. The first-order valence-electron chi connectivity index (χ1n) is 13.9. The molecule has 0 aliphatic rings. The van der Waals surface area contributed by atoms with Crippen LogP contribution in [0, 0.1) is 18.6 Å². The number of aromatic nitrogens is 2. The van der Waals surface area contributed by atoms with Gasteiger partial charge in [0.05, 0.1) is 29.8 Å². The number of furan rings is 1. The van der Waals surface area contributed by atoms with Crippen LogP contribution in [0.1, 0.15) is 51.4 Å². The predicted octanol–water partition coefficient (Wildman–Crippen LogP) is 7.63. The summed E-state index contributed by atoms with van der Waals surface area (Å²) in [4.78, 5) is 35.2. The number of halogens is 2. The van der Waals surface area contributed by atoms with Crippen molar-refractivity contribution in [2.75, 3.05) is 14.2 Å². The summed E-state index contributed by atoms with van der Waals surface area (Å²) in [7, 11) is 2.90. The Balaban J connectivity index is 1.43. The van der Waals surface area contributed by atoms with Gasteiger partial charge in [0.1, 0.15) is 34.2 Å². The van der Waals surface area contributed by atoms with Crippen LogP contribution in [-0.2, 0) is 0 Å². The lowest BCUT2D eigenvalue weighted by atomic mass is 9.91. The highest BCUT2D eigenvalue weighted by Crippen LogP contribution is 2.41. The molecule has 3 aromatic carbocycles. The van der Waals surface area contributed by atoms with Gasteiger partial charge in [-0.2, -0.15) is 0 Å². The number of nitrogens with zero attached hydrogens (tertiary/aromatic N) is 2. The number of hydrogen-bond acceptors (Lipinski definition) is 7. The van der Waals surface area contributed by atoms with Gasteiger partial charge in [-0.3, -0.25) is 14.6 Å². The van der Waals surface area contributed by atoms with Crippen molar-refractivity contribution in [2.24, 2.45) is 0 Å². The molecule has 8 nitrogen and oxygen atoms in total. The zero-order valence-corrected chi connectivity index (χ0v) is 24.3. The second-order valence-electron chi connectivity index (χ2n) is 10.5. The maximum Gasteiger partial charge on any atom is 0.255 e. The van der Waals surface area contributed by atoms with Crippen molar-refractivity contribution in [2.45, 2.75) is 26.2 Å². The Kier molecular flexibility index (Phi) is 7.42. The van der Waals surface area contributed by atoms with Gasteiger partial charge in [0.2, 0.25) is 0 Å². The minimum atomic E-state index is -0.696. The van der Waals surface area contributed by atoms with E-state index in [0.717, 1.165) is 0 Å². The maximum absolute atomic E-state index is 16.5. The molecule has 1 amide bonds. The molecule has 3 heterocycles. The number of methoxy groups -OCH3 is 1. The van der Waals surface area contributed by atoms with Crippen LogP contribution in [0.5, 0.6) is 5.75 Å². The first kappa shape index (κ1) is 28.7. The number of carbonyl (C=O) groups is 2. The van der Waals surface area contributed by atoms with E-state index in [2.05, 4.69) is 15.3 Å². The number of carbonyl (C=O) groups excluding carboxylic acids is 2. The Morgan fingerprint density at radius 3 is 2.48 bits per heavy atom. The molecule has 0 fully saturated rings. The summed E-state index contributed by atoms with van der Waals surface area (Å²) in [5.74, 6) is -1.46. The van der Waals surface area contributed by atoms with E-state index in [1.165, 1.54) is 38.4 Å². The number of hydrogen-bond donors (Lipinski definition) is 1. The number of pyridine rings is 1. The molecule has 10 heteroatoms. The van der Waals surface area contributed by atoms with Crippen LogP contribution in [0.15, 0.2) is 75.8 Å². The largest absolute Gasteiger partial charge is 0.496 e. The smallest absolute Gasteiger partial charge is 0.255 e. The van der Waals surface area contributed by atoms with Crippen LogP contribution in [0.25, 0.3) is 44.5 Å². The molecule has 6 rings (SSSR count). The van der Waals surface area contributed by atoms with Crippen molar-refractivity contribution >= 4 is 33.8 Å². The highest BCUT2D eigenvalue weighted by Gasteiger charge is 2.27. The molecule has 0 spiro atoms. The summed E-state index contributed by atoms with van der Waals surface area (Å²) in [5.41, 5.74) is 3.26. The first-order chi connectivity index (χ1) is 21.2. The third-order valence-corrected chi connectivity index (χ3v) is 7.61. The SMILES string of the molecule is CNC(=O)c1c(-c2ccc(F)cc2)oc2ccc(-c3cc(C(=O)C[C@H](C)c4nc5cnccc5o4)c(OC)cc3C)c(F)c12. The monoisotopic (exact) mass is 595 g/mol. The number of ketones is 1. The van der Waals surface area contributed by atoms with Crippen LogP contribution in [0.3, 0.4) is 0 Å². The molecule has 0 unspecified atom stereocenters. The fraction of sp³-hybridized carbons (Fsp3) is 0.176. The zero-order chi connectivity index (χ0) is 31.1. The number of amides is 1. The molecule has 0 bridgehead atoms. The quantitative estimate of drug-likeness (QED) is 0.180. The summed E-state index contributed by atoms with van der Waals surface area (Å²) < 4.78 is 47.4. The van der Waals surface area contributed by atoms with E-state index in [4.69, 9.17) is 13.6 Å². The van der Waals surface area contributed by atoms with Crippen LogP contribution >= 0.6 is 0 Å². The van der Waals surface area contributed by atoms with Gasteiger partial charge in [0.15, 0.2) is 17.3 Å². The lowest BCUT2D eigenvalue weighted by Crippen LogP contribution is -2.18. The van der Waals surface area contributed by atoms with Crippen LogP contribution in [-0.4, -0.2) is 35.8 Å². The van der Waals surface area contributed by atoms with E-state index < -0.39 is 17.5 Å². The molecular weight excluding hydrogens is 568 g/mol. The number of aryl methyl sites for hydroxylation is 1. The maximum atomic E-state index is 16.5. The molecule has 0 radical (unpaired) electrons. The van der Waals surface area contributed by atoms with Crippen LogP contribution < -0.4 is 10.1 Å². The van der Waals surface area contributed by atoms with Gasteiger partial charge < -0.3 is 18.9 Å². The number of Topliss-reactive ketones (excluding diaryl/α,β-unsaturated/α-hetero) is 1. The fourth-order valence-electron chi connectivity index (χ4n) is 5.35. The molecule has 0 aliphatic heterocycles. The van der Waals surface area contributed by atoms with Gasteiger partial charge in [0.25, 0.3) is 5.91 Å². The normalized spacial score (nSPS) is 12.0. The number of benzene rings is 3. The summed E-state index contributed by atoms with van der Waals surface area (Å²) in [6, 6.07) is 13.5. The van der Waals surface area contributed by atoms with Gasteiger partial charge >= 0.3 is 0 Å². The highest BCUT2D eigenvalue weighted by molar-refractivity contribution is 6.12. The molecule has 222 valence electrons. The molecule has 6 aromatic rings. The summed E-state index contributed by atoms with van der Waals surface area (Å²) in [6.07, 6.45) is 3.26. The van der Waals surface area contributed by atoms with E-state index in [1.54, 1.807) is 49.6 Å². The van der Waals surface area contributed by atoms with Crippen LogP contribution in [0.4, 0.5) is 8.78 Å². The predicted molar refractivity (Wildman–Crippen MR) is 161 cm³/mol. The molecule has 1 N–H and O–H groups in total. The van der Waals surface area contributed by atoms with Gasteiger partial charge in [-0.1, -0.05) is 6.92 Å². The Bertz CT molecular complexity index is 2030. The number of rotatable bonds is 8. The topological polar surface area (TPSA) is 107 Å². The molecule has 0 aliphatic carbocycles. The summed E-state index contributed by atoms with van der Waals surface area (Å²) >= 11 is 0. The molecule has 1 atom stereocenters. The lowest BCUT2D eigenvalue weighted by Gasteiger charge is -2.15. The van der Waals surface area contributed by atoms with E-state index in [1.807, 2.05) is 6.92 Å². The van der Waals surface area contributed by atoms with Gasteiger partial charge in [-0.15, -0.1) is 0 Å². The van der Waals surface area contributed by atoms with Crippen LogP contribution in [0.2, 0.25) is 0 Å². The summed E-state index contributed by atoms with van der Waals surface area (Å²) in [6.45, 7) is 3.62. The number of nitrogens with one attached hydrogen (secondary N) is 1. The van der Waals surface area contributed by atoms with Crippen molar-refractivity contribution in [3.8, 4) is 28.2 Å². The Labute approximate surface area is 250 Å². The van der Waals surface area contributed by atoms with Crippen molar-refractivity contribution in [3.05, 3.63) is 101 Å². The van der Waals surface area contributed by atoms with Crippen molar-refractivity contribution in [3.63, 3.8) is 0 Å². The standard InChI is InChI=1S/C34H27F2N3O5/c1-17-14-28(42-4)23(25(40)13-18(2)34-39-24-16-38-12-11-26(24)44-34)15-22(17)21-9-10-27-29(31(21)36)30(33(41)37-3)32(43-27)19-5-7-20(35)8-6-19/h5-12,14-16,18H,13H2,1-4H3,(H,37,41)/t18-/m0/s1. The molecule has 0 saturated carbocycles. The minimum absolute atomic E-state index is 0.0155. The van der Waals surface area contributed by atoms with E-state index in [0.29, 0.717) is 39.4 Å². The van der Waals surface area contributed by atoms with Gasteiger partial charge in [-0.05, 0) is 66.6 Å². The summed E-state index contributed by atoms with van der Waals surface area (Å²) in [5, 5.41) is 2.52. The van der Waals surface area contributed by atoms with E-state index in [9.17, 15) is 14.0 Å². The van der Waals surface area contributed by atoms with Crippen molar-refractivity contribution < 1.29 is 31.9 Å². The molecule has 44 heavy (non-hydrogen) atoms. The Morgan fingerprint density at radius 2 is 1.77 bits per heavy atom. The Hall–Kier alpha value is -5.38.